The third kappa shape index (κ3) is 4.27. The van der Waals surface area contributed by atoms with Gasteiger partial charge in [0.1, 0.15) is 28.2 Å². The Balaban J connectivity index is 1.81. The molecule has 2 N–H and O–H groups in total. The predicted molar refractivity (Wildman–Crippen MR) is 114 cm³/mol. The number of benzene rings is 2. The molecule has 2 aromatic heterocycles. The molecule has 0 aliphatic heterocycles. The van der Waals surface area contributed by atoms with Crippen LogP contribution in [0.25, 0.3) is 21.8 Å². The van der Waals surface area contributed by atoms with Crippen molar-refractivity contribution in [1.82, 2.24) is 19.9 Å². The first-order valence-electron chi connectivity index (χ1n) is 9.57. The Morgan fingerprint density at radius 2 is 1.76 bits per heavy atom. The zero-order valence-electron chi connectivity index (χ0n) is 17.9. The van der Waals surface area contributed by atoms with Gasteiger partial charge in [-0.25, -0.2) is 19.7 Å². The summed E-state index contributed by atoms with van der Waals surface area (Å²) in [4.78, 5) is 28.1. The van der Waals surface area contributed by atoms with E-state index in [9.17, 15) is 23.1 Å². The zero-order chi connectivity index (χ0) is 24.6. The van der Waals surface area contributed by atoms with Crippen LogP contribution >= 0.6 is 0 Å². The molecule has 2 aromatic carbocycles. The van der Waals surface area contributed by atoms with E-state index in [4.69, 9.17) is 9.47 Å². The van der Waals surface area contributed by atoms with Crippen molar-refractivity contribution in [1.29, 1.82) is 0 Å². The SMILES string of the molecule is COc1cc(OC)c2nc(Nc3nc(OC(=O)C(F)(F)F)c4c(O)cccc4n3)nc(C)c2c1. The largest absolute Gasteiger partial charge is 0.507 e. The van der Waals surface area contributed by atoms with E-state index in [0.717, 1.165) is 0 Å². The Bertz CT molecular complexity index is 1430. The summed E-state index contributed by atoms with van der Waals surface area (Å²) in [5, 5.41) is 13.2. The maximum absolute atomic E-state index is 12.8. The number of rotatable bonds is 5. The Kier molecular flexibility index (Phi) is 5.69. The molecule has 0 saturated carbocycles. The van der Waals surface area contributed by atoms with E-state index in [-0.39, 0.29) is 22.8 Å². The molecule has 2 heterocycles. The van der Waals surface area contributed by atoms with Crippen molar-refractivity contribution in [3.05, 3.63) is 36.0 Å². The van der Waals surface area contributed by atoms with Crippen LogP contribution in [-0.2, 0) is 4.79 Å². The van der Waals surface area contributed by atoms with Crippen molar-refractivity contribution >= 4 is 39.7 Å². The van der Waals surface area contributed by atoms with Crippen LogP contribution in [0.15, 0.2) is 30.3 Å². The Morgan fingerprint density at radius 3 is 2.44 bits per heavy atom. The summed E-state index contributed by atoms with van der Waals surface area (Å²) in [6.07, 6.45) is -5.27. The number of carbonyl (C=O) groups excluding carboxylic acids is 1. The van der Waals surface area contributed by atoms with Gasteiger partial charge >= 0.3 is 12.1 Å². The van der Waals surface area contributed by atoms with Gasteiger partial charge in [0.05, 0.1) is 25.4 Å². The van der Waals surface area contributed by atoms with Crippen molar-refractivity contribution in [3.63, 3.8) is 0 Å². The lowest BCUT2D eigenvalue weighted by Crippen LogP contribution is -2.28. The monoisotopic (exact) mass is 475 g/mol. The minimum atomic E-state index is -5.27. The highest BCUT2D eigenvalue weighted by atomic mass is 19.4. The number of phenols is 1. The van der Waals surface area contributed by atoms with Gasteiger partial charge in [-0.05, 0) is 25.1 Å². The quantitative estimate of drug-likeness (QED) is 0.411. The van der Waals surface area contributed by atoms with E-state index >= 15 is 0 Å². The fourth-order valence-electron chi connectivity index (χ4n) is 3.16. The number of alkyl halides is 3. The average Bonchev–Trinajstić information content (AvgIpc) is 2.77. The number of nitrogens with one attached hydrogen (secondary N) is 1. The van der Waals surface area contributed by atoms with Crippen molar-refractivity contribution in [3.8, 4) is 23.1 Å². The van der Waals surface area contributed by atoms with Gasteiger partial charge in [0.25, 0.3) is 0 Å². The molecule has 4 aromatic rings. The van der Waals surface area contributed by atoms with Gasteiger partial charge in [-0.15, -0.1) is 0 Å². The first kappa shape index (κ1) is 22.8. The predicted octanol–water partition coefficient (Wildman–Crippen LogP) is 3.82. The second-order valence-electron chi connectivity index (χ2n) is 6.89. The van der Waals surface area contributed by atoms with Crippen molar-refractivity contribution < 1.29 is 37.3 Å². The minimum Gasteiger partial charge on any atom is -0.507 e. The van der Waals surface area contributed by atoms with E-state index in [1.54, 1.807) is 19.1 Å². The molecule has 0 radical (unpaired) electrons. The smallest absolute Gasteiger partial charge is 0.491 e. The average molecular weight is 475 g/mol. The standard InChI is InChI=1S/C21H16F3N5O5/c1-9-11-7-10(32-2)8-14(33-3)16(11)27-19(25-9)29-20-26-12-5-4-6-13(30)15(12)17(28-20)34-18(31)21(22,23)24/h4-8,30H,1-3H3,(H,25,26,27,28,29). The van der Waals surface area contributed by atoms with Gasteiger partial charge in [0.15, 0.2) is 0 Å². The lowest BCUT2D eigenvalue weighted by Gasteiger charge is -2.13. The lowest BCUT2D eigenvalue weighted by molar-refractivity contribution is -0.189. The summed E-state index contributed by atoms with van der Waals surface area (Å²) in [5.41, 5.74) is 0.981. The second-order valence-corrected chi connectivity index (χ2v) is 6.89. The molecule has 0 unspecified atom stereocenters. The first-order valence-corrected chi connectivity index (χ1v) is 9.57. The fourth-order valence-corrected chi connectivity index (χ4v) is 3.16. The number of fused-ring (bicyclic) bond motifs is 2. The molecule has 0 saturated heterocycles. The van der Waals surface area contributed by atoms with E-state index in [1.807, 2.05) is 0 Å². The molecule has 176 valence electrons. The van der Waals surface area contributed by atoms with Crippen LogP contribution in [0.5, 0.6) is 23.1 Å². The molecule has 0 bridgehead atoms. The molecule has 0 aliphatic rings. The summed E-state index contributed by atoms with van der Waals surface area (Å²) in [6.45, 7) is 1.71. The van der Waals surface area contributed by atoms with Crippen LogP contribution in [0.4, 0.5) is 25.1 Å². The Labute approximate surface area is 189 Å². The lowest BCUT2D eigenvalue weighted by atomic mass is 10.1. The van der Waals surface area contributed by atoms with E-state index in [1.165, 1.54) is 32.4 Å². The maximum atomic E-state index is 12.8. The van der Waals surface area contributed by atoms with E-state index in [0.29, 0.717) is 28.1 Å². The number of aromatic nitrogens is 4. The van der Waals surface area contributed by atoms with Gasteiger partial charge in [0, 0.05) is 11.5 Å². The highest BCUT2D eigenvalue weighted by molar-refractivity contribution is 5.93. The topological polar surface area (TPSA) is 129 Å². The number of esters is 1. The third-order valence-corrected chi connectivity index (χ3v) is 4.70. The number of ether oxygens (including phenoxy) is 3. The number of aryl methyl sites for hydroxylation is 1. The highest BCUT2D eigenvalue weighted by Crippen LogP contribution is 2.35. The molecule has 0 amide bonds. The van der Waals surface area contributed by atoms with Crippen LogP contribution in [0, 0.1) is 6.92 Å². The van der Waals surface area contributed by atoms with Crippen LogP contribution in [-0.4, -0.2) is 51.4 Å². The third-order valence-electron chi connectivity index (χ3n) is 4.70. The molecular formula is C21H16F3N5O5. The molecule has 10 nitrogen and oxygen atoms in total. The van der Waals surface area contributed by atoms with Gasteiger partial charge < -0.3 is 19.3 Å². The molecule has 0 fully saturated rings. The Morgan fingerprint density at radius 1 is 1.03 bits per heavy atom. The molecule has 0 aliphatic carbocycles. The molecule has 0 spiro atoms. The van der Waals surface area contributed by atoms with Crippen molar-refractivity contribution in [2.45, 2.75) is 13.1 Å². The van der Waals surface area contributed by atoms with Crippen LogP contribution in [0.2, 0.25) is 0 Å². The first-order chi connectivity index (χ1) is 16.1. The summed E-state index contributed by atoms with van der Waals surface area (Å²) in [7, 11) is 2.96. The van der Waals surface area contributed by atoms with Crippen LogP contribution in [0.1, 0.15) is 5.69 Å². The number of aromatic hydroxyl groups is 1. The van der Waals surface area contributed by atoms with Crippen molar-refractivity contribution in [2.75, 3.05) is 19.5 Å². The number of carbonyl (C=O) groups is 1. The fraction of sp³-hybridized carbons (Fsp3) is 0.190. The van der Waals surface area contributed by atoms with Gasteiger partial charge in [-0.3, -0.25) is 5.32 Å². The Hall–Kier alpha value is -4.42. The summed E-state index contributed by atoms with van der Waals surface area (Å²) >= 11 is 0. The molecular weight excluding hydrogens is 459 g/mol. The van der Waals surface area contributed by atoms with Crippen LogP contribution in [0.3, 0.4) is 0 Å². The van der Waals surface area contributed by atoms with E-state index in [2.05, 4.69) is 30.0 Å². The molecule has 0 atom stereocenters. The number of hydrogen-bond acceptors (Lipinski definition) is 10. The van der Waals surface area contributed by atoms with Gasteiger partial charge in [0.2, 0.25) is 17.8 Å². The summed E-state index contributed by atoms with van der Waals surface area (Å²) in [5.74, 6) is -3.09. The summed E-state index contributed by atoms with van der Waals surface area (Å²) in [6, 6.07) is 7.36. The van der Waals surface area contributed by atoms with Gasteiger partial charge in [-0.1, -0.05) is 6.07 Å². The number of phenolic OH excluding ortho intramolecular Hbond substituents is 1. The van der Waals surface area contributed by atoms with E-state index < -0.39 is 23.8 Å². The zero-order valence-corrected chi connectivity index (χ0v) is 17.9. The van der Waals surface area contributed by atoms with Crippen LogP contribution < -0.4 is 19.5 Å². The van der Waals surface area contributed by atoms with Gasteiger partial charge in [-0.2, -0.15) is 18.2 Å². The number of nitrogens with zero attached hydrogens (tertiary/aromatic N) is 4. The van der Waals surface area contributed by atoms with Crippen molar-refractivity contribution in [2.24, 2.45) is 0 Å². The summed E-state index contributed by atoms with van der Waals surface area (Å²) < 4.78 is 53.3. The second kappa shape index (κ2) is 8.50. The highest BCUT2D eigenvalue weighted by Gasteiger charge is 2.42. The molecule has 13 heteroatoms. The number of anilines is 2. The molecule has 34 heavy (non-hydrogen) atoms. The minimum absolute atomic E-state index is 0.000989. The normalized spacial score (nSPS) is 11.5. The number of hydrogen-bond donors (Lipinski definition) is 2. The molecule has 4 rings (SSSR count). The number of methoxy groups -OCH3 is 2. The maximum Gasteiger partial charge on any atom is 0.491 e. The number of halogens is 3.